The molecule has 0 saturated heterocycles. The quantitative estimate of drug-likeness (QED) is 0.715. The maximum absolute atomic E-state index is 4.06. The first-order valence-electron chi connectivity index (χ1n) is 4.29. The molecule has 0 amide bonds. The molecule has 0 spiro atoms. The van der Waals surface area contributed by atoms with Gasteiger partial charge < -0.3 is 4.90 Å². The number of aromatic nitrogens is 3. The highest BCUT2D eigenvalue weighted by Gasteiger charge is 2.04. The normalized spacial score (nSPS) is 9.79. The van der Waals surface area contributed by atoms with Crippen LogP contribution in [0.25, 0.3) is 0 Å². The van der Waals surface area contributed by atoms with E-state index in [4.69, 9.17) is 0 Å². The molecule has 4 heteroatoms. The van der Waals surface area contributed by atoms with Crippen molar-refractivity contribution in [2.75, 3.05) is 11.9 Å². The van der Waals surface area contributed by atoms with Gasteiger partial charge in [0.1, 0.15) is 12.7 Å². The van der Waals surface area contributed by atoms with Gasteiger partial charge in [-0.15, -0.1) is 0 Å². The summed E-state index contributed by atoms with van der Waals surface area (Å²) in [7, 11) is 1.92. The van der Waals surface area contributed by atoms with Gasteiger partial charge in [-0.2, -0.15) is 0 Å². The second-order valence-electron chi connectivity index (χ2n) is 2.83. The number of rotatable bonds is 2. The summed E-state index contributed by atoms with van der Waals surface area (Å²) >= 11 is 0. The van der Waals surface area contributed by atoms with E-state index >= 15 is 0 Å². The summed E-state index contributed by atoms with van der Waals surface area (Å²) in [4.78, 5) is 13.8. The molecule has 0 fully saturated rings. The molecule has 0 N–H and O–H groups in total. The Morgan fingerprint density at radius 3 is 2.29 bits per heavy atom. The van der Waals surface area contributed by atoms with Crippen molar-refractivity contribution in [1.29, 1.82) is 0 Å². The first kappa shape index (κ1) is 8.62. The van der Waals surface area contributed by atoms with Gasteiger partial charge in [0.15, 0.2) is 0 Å². The van der Waals surface area contributed by atoms with E-state index < -0.39 is 0 Å². The Kier molecular flexibility index (Phi) is 2.36. The molecule has 0 atom stereocenters. The second kappa shape index (κ2) is 3.83. The fourth-order valence-corrected chi connectivity index (χ4v) is 1.17. The third-order valence-corrected chi connectivity index (χ3v) is 1.92. The van der Waals surface area contributed by atoms with Gasteiger partial charge in [-0.25, -0.2) is 15.0 Å². The predicted molar refractivity (Wildman–Crippen MR) is 54.3 cm³/mol. The summed E-state index contributed by atoms with van der Waals surface area (Å²) in [5, 5.41) is 0. The van der Waals surface area contributed by atoms with Crippen molar-refractivity contribution in [3.63, 3.8) is 0 Å². The lowest BCUT2D eigenvalue weighted by Gasteiger charge is -2.15. The number of nitrogens with zero attached hydrogens (tertiary/aromatic N) is 4. The lowest BCUT2D eigenvalue weighted by atomic mass is 10.3. The number of hydrogen-bond donors (Lipinski definition) is 0. The Bertz CT molecular complexity index is 348. The van der Waals surface area contributed by atoms with E-state index in [1.807, 2.05) is 42.3 Å². The van der Waals surface area contributed by atoms with Gasteiger partial charge >= 0.3 is 0 Å². The number of anilines is 2. The molecule has 0 saturated carbocycles. The van der Waals surface area contributed by atoms with Gasteiger partial charge in [-0.1, -0.05) is 18.2 Å². The van der Waals surface area contributed by atoms with Crippen LogP contribution in [0.4, 0.5) is 11.6 Å². The molecule has 70 valence electrons. The first-order chi connectivity index (χ1) is 6.88. The zero-order chi connectivity index (χ0) is 9.80. The van der Waals surface area contributed by atoms with E-state index in [1.54, 1.807) is 0 Å². The average Bonchev–Trinajstić information content (AvgIpc) is 2.30. The molecule has 0 aliphatic carbocycles. The summed E-state index contributed by atoms with van der Waals surface area (Å²) in [5.74, 6) is 0.645. The van der Waals surface area contributed by atoms with E-state index in [9.17, 15) is 0 Å². The van der Waals surface area contributed by atoms with Crippen LogP contribution in [0.2, 0.25) is 0 Å². The summed E-state index contributed by atoms with van der Waals surface area (Å²) < 4.78 is 0. The van der Waals surface area contributed by atoms with Crippen LogP contribution in [0.1, 0.15) is 0 Å². The summed E-state index contributed by atoms with van der Waals surface area (Å²) in [6.45, 7) is 0. The molecular formula is C10H10N4. The molecule has 2 rings (SSSR count). The van der Waals surface area contributed by atoms with Crippen LogP contribution in [0.5, 0.6) is 0 Å². The molecule has 1 aromatic carbocycles. The van der Waals surface area contributed by atoms with Crippen LogP contribution < -0.4 is 4.90 Å². The molecule has 2 aromatic rings. The van der Waals surface area contributed by atoms with E-state index in [1.165, 1.54) is 12.7 Å². The second-order valence-corrected chi connectivity index (χ2v) is 2.83. The minimum Gasteiger partial charge on any atom is -0.314 e. The van der Waals surface area contributed by atoms with E-state index in [2.05, 4.69) is 15.0 Å². The minimum atomic E-state index is 0.645. The largest absolute Gasteiger partial charge is 0.314 e. The summed E-state index contributed by atoms with van der Waals surface area (Å²) in [6.07, 6.45) is 2.98. The van der Waals surface area contributed by atoms with Crippen molar-refractivity contribution in [2.45, 2.75) is 0 Å². The first-order valence-corrected chi connectivity index (χ1v) is 4.29. The number of benzene rings is 1. The SMILES string of the molecule is CN(c1ccccc1)c1ncncn1. The van der Waals surface area contributed by atoms with Gasteiger partial charge in [0.2, 0.25) is 5.95 Å². The molecule has 0 radical (unpaired) electrons. The van der Waals surface area contributed by atoms with Crippen LogP contribution in [0.3, 0.4) is 0 Å². The van der Waals surface area contributed by atoms with Crippen LogP contribution in [0.15, 0.2) is 43.0 Å². The lowest BCUT2D eigenvalue weighted by molar-refractivity contribution is 0.984. The maximum atomic E-state index is 4.06. The van der Waals surface area contributed by atoms with Crippen LogP contribution in [0, 0.1) is 0 Å². The number of para-hydroxylation sites is 1. The van der Waals surface area contributed by atoms with E-state index in [0.717, 1.165) is 5.69 Å². The monoisotopic (exact) mass is 186 g/mol. The maximum Gasteiger partial charge on any atom is 0.232 e. The highest BCUT2D eigenvalue weighted by atomic mass is 15.2. The van der Waals surface area contributed by atoms with Gasteiger partial charge in [0, 0.05) is 12.7 Å². The Hall–Kier alpha value is -1.97. The van der Waals surface area contributed by atoms with Crippen molar-refractivity contribution in [3.8, 4) is 0 Å². The van der Waals surface area contributed by atoms with Gasteiger partial charge in [0.25, 0.3) is 0 Å². The van der Waals surface area contributed by atoms with Gasteiger partial charge in [-0.3, -0.25) is 0 Å². The molecule has 4 nitrogen and oxygen atoms in total. The molecule has 14 heavy (non-hydrogen) atoms. The molecule has 0 unspecified atom stereocenters. The molecule has 0 aliphatic rings. The fraction of sp³-hybridized carbons (Fsp3) is 0.100. The molecule has 1 heterocycles. The van der Waals surface area contributed by atoms with E-state index in [0.29, 0.717) is 5.95 Å². The van der Waals surface area contributed by atoms with Gasteiger partial charge in [-0.05, 0) is 12.1 Å². The van der Waals surface area contributed by atoms with Crippen molar-refractivity contribution in [1.82, 2.24) is 15.0 Å². The molecule has 0 aliphatic heterocycles. The van der Waals surface area contributed by atoms with Crippen LogP contribution in [-0.4, -0.2) is 22.0 Å². The Morgan fingerprint density at radius 2 is 1.64 bits per heavy atom. The van der Waals surface area contributed by atoms with E-state index in [-0.39, 0.29) is 0 Å². The highest BCUT2D eigenvalue weighted by Crippen LogP contribution is 2.17. The Balaban J connectivity index is 2.30. The van der Waals surface area contributed by atoms with Crippen LogP contribution >= 0.6 is 0 Å². The Labute approximate surface area is 82.3 Å². The molecule has 0 bridgehead atoms. The smallest absolute Gasteiger partial charge is 0.232 e. The Morgan fingerprint density at radius 1 is 1.00 bits per heavy atom. The van der Waals surface area contributed by atoms with Crippen molar-refractivity contribution in [2.24, 2.45) is 0 Å². The highest BCUT2D eigenvalue weighted by molar-refractivity contribution is 5.55. The predicted octanol–water partition coefficient (Wildman–Crippen LogP) is 1.64. The average molecular weight is 186 g/mol. The van der Waals surface area contributed by atoms with Crippen LogP contribution in [-0.2, 0) is 0 Å². The fourth-order valence-electron chi connectivity index (χ4n) is 1.17. The van der Waals surface area contributed by atoms with Crippen molar-refractivity contribution in [3.05, 3.63) is 43.0 Å². The zero-order valence-electron chi connectivity index (χ0n) is 7.83. The summed E-state index contributed by atoms with van der Waals surface area (Å²) in [5.41, 5.74) is 1.05. The standard InChI is InChI=1S/C10H10N4/c1-14(9-5-3-2-4-6-9)10-12-7-11-8-13-10/h2-8H,1H3. The lowest BCUT2D eigenvalue weighted by Crippen LogP contribution is -2.12. The summed E-state index contributed by atoms with van der Waals surface area (Å²) in [6, 6.07) is 9.94. The zero-order valence-corrected chi connectivity index (χ0v) is 7.83. The minimum absolute atomic E-state index is 0.645. The third-order valence-electron chi connectivity index (χ3n) is 1.92. The van der Waals surface area contributed by atoms with Crippen molar-refractivity contribution < 1.29 is 0 Å². The number of hydrogen-bond acceptors (Lipinski definition) is 4. The topological polar surface area (TPSA) is 41.9 Å². The molecule has 1 aromatic heterocycles. The third kappa shape index (κ3) is 1.69. The van der Waals surface area contributed by atoms with Crippen molar-refractivity contribution >= 4 is 11.6 Å². The molecular weight excluding hydrogens is 176 g/mol. The van der Waals surface area contributed by atoms with Gasteiger partial charge in [0.05, 0.1) is 0 Å².